The number of amides is 1. The number of nitrogens with zero attached hydrogens (tertiary/aromatic N) is 1. The first-order valence-electron chi connectivity index (χ1n) is 4.55. The van der Waals surface area contributed by atoms with E-state index in [4.69, 9.17) is 0 Å². The summed E-state index contributed by atoms with van der Waals surface area (Å²) in [6, 6.07) is 0. The minimum absolute atomic E-state index is 0.344. The molecule has 0 radical (unpaired) electrons. The van der Waals surface area contributed by atoms with Gasteiger partial charge in [0, 0.05) is 12.1 Å². The molecule has 0 unspecified atom stereocenters. The summed E-state index contributed by atoms with van der Waals surface area (Å²) in [4.78, 5) is 12.7. The van der Waals surface area contributed by atoms with Crippen LogP contribution in [-0.2, 0) is 4.79 Å². The van der Waals surface area contributed by atoms with Gasteiger partial charge in [-0.1, -0.05) is 0 Å². The maximum Gasteiger partial charge on any atom is 0.210 e. The molecule has 2 saturated carbocycles. The van der Waals surface area contributed by atoms with Crippen molar-refractivity contribution in [1.29, 1.82) is 0 Å². The molecule has 2 nitrogen and oxygen atoms in total. The van der Waals surface area contributed by atoms with Crippen molar-refractivity contribution in [3.05, 3.63) is 0 Å². The molecule has 2 aliphatic rings. The largest absolute Gasteiger partial charge is 0.340 e. The van der Waals surface area contributed by atoms with E-state index in [0.29, 0.717) is 5.54 Å². The number of hydrogen-bond donors (Lipinski definition) is 0. The highest BCUT2D eigenvalue weighted by atomic mass is 16.1. The van der Waals surface area contributed by atoms with Crippen molar-refractivity contribution < 1.29 is 4.79 Å². The lowest BCUT2D eigenvalue weighted by molar-refractivity contribution is -0.121. The third-order valence-electron chi connectivity index (χ3n) is 3.14. The third-order valence-corrected chi connectivity index (χ3v) is 3.14. The predicted octanol–water partition coefficient (Wildman–Crippen LogP) is 1.41. The molecule has 0 atom stereocenters. The van der Waals surface area contributed by atoms with E-state index in [1.54, 1.807) is 0 Å². The van der Waals surface area contributed by atoms with Crippen molar-refractivity contribution >= 4 is 6.41 Å². The van der Waals surface area contributed by atoms with Crippen LogP contribution >= 0.6 is 0 Å². The van der Waals surface area contributed by atoms with Crippen LogP contribution in [0.1, 0.15) is 32.6 Å². The summed E-state index contributed by atoms with van der Waals surface area (Å²) in [6.07, 6.45) is 6.24. The van der Waals surface area contributed by atoms with Crippen LogP contribution in [0, 0.1) is 5.92 Å². The van der Waals surface area contributed by atoms with E-state index < -0.39 is 0 Å². The summed E-state index contributed by atoms with van der Waals surface area (Å²) in [5, 5.41) is 0. The van der Waals surface area contributed by atoms with Crippen LogP contribution in [0.5, 0.6) is 0 Å². The SMILES string of the molecule is CCN(C=O)C1(C2CC2)CC1. The maximum atomic E-state index is 10.7. The van der Waals surface area contributed by atoms with Gasteiger partial charge in [-0.2, -0.15) is 0 Å². The molecule has 1 amide bonds. The Labute approximate surface area is 67.6 Å². The minimum Gasteiger partial charge on any atom is -0.340 e. The average molecular weight is 153 g/mol. The van der Waals surface area contributed by atoms with Crippen molar-refractivity contribution in [2.24, 2.45) is 5.92 Å². The second-order valence-corrected chi connectivity index (χ2v) is 3.77. The van der Waals surface area contributed by atoms with E-state index in [-0.39, 0.29) is 0 Å². The van der Waals surface area contributed by atoms with Gasteiger partial charge in [-0.25, -0.2) is 0 Å². The Morgan fingerprint density at radius 1 is 1.55 bits per heavy atom. The quantitative estimate of drug-likeness (QED) is 0.559. The molecule has 2 heteroatoms. The van der Waals surface area contributed by atoms with E-state index in [1.807, 2.05) is 4.90 Å². The zero-order valence-electron chi connectivity index (χ0n) is 7.05. The highest BCUT2D eigenvalue weighted by Crippen LogP contribution is 2.56. The molecule has 11 heavy (non-hydrogen) atoms. The smallest absolute Gasteiger partial charge is 0.210 e. The van der Waals surface area contributed by atoms with E-state index in [9.17, 15) is 4.79 Å². The number of carbonyl (C=O) groups is 1. The van der Waals surface area contributed by atoms with Crippen LogP contribution in [0.2, 0.25) is 0 Å². The Kier molecular flexibility index (Phi) is 1.44. The Morgan fingerprint density at radius 2 is 2.18 bits per heavy atom. The van der Waals surface area contributed by atoms with Crippen LogP contribution in [0.3, 0.4) is 0 Å². The predicted molar refractivity (Wildman–Crippen MR) is 43.1 cm³/mol. The molecule has 0 N–H and O–H groups in total. The highest BCUT2D eigenvalue weighted by molar-refractivity contribution is 5.51. The molecular formula is C9H15NO. The molecule has 0 aromatic rings. The lowest BCUT2D eigenvalue weighted by Crippen LogP contribution is -2.37. The first-order chi connectivity index (χ1) is 5.33. The molecule has 2 aliphatic carbocycles. The van der Waals surface area contributed by atoms with E-state index in [0.717, 1.165) is 18.9 Å². The standard InChI is InChI=1S/C9H15NO/c1-2-10(7-11)9(5-6-9)8-3-4-8/h7-8H,2-6H2,1H3. The fraction of sp³-hybridized carbons (Fsp3) is 0.889. The van der Waals surface area contributed by atoms with Crippen LogP contribution in [0.4, 0.5) is 0 Å². The molecule has 0 spiro atoms. The monoisotopic (exact) mass is 153 g/mol. The number of rotatable bonds is 4. The fourth-order valence-electron chi connectivity index (χ4n) is 2.17. The van der Waals surface area contributed by atoms with E-state index >= 15 is 0 Å². The summed E-state index contributed by atoms with van der Waals surface area (Å²) >= 11 is 0. The topological polar surface area (TPSA) is 20.3 Å². The summed E-state index contributed by atoms with van der Waals surface area (Å²) in [6.45, 7) is 2.96. The van der Waals surface area contributed by atoms with Gasteiger partial charge in [-0.3, -0.25) is 4.79 Å². The molecular weight excluding hydrogens is 138 g/mol. The summed E-state index contributed by atoms with van der Waals surface area (Å²) in [7, 11) is 0. The molecule has 0 bridgehead atoms. The average Bonchev–Trinajstić information content (AvgIpc) is 2.85. The van der Waals surface area contributed by atoms with Crippen LogP contribution < -0.4 is 0 Å². The van der Waals surface area contributed by atoms with Crippen LogP contribution in [0.15, 0.2) is 0 Å². The molecule has 0 aliphatic heterocycles. The van der Waals surface area contributed by atoms with Crippen molar-refractivity contribution in [3.8, 4) is 0 Å². The van der Waals surface area contributed by atoms with Gasteiger partial charge in [0.1, 0.15) is 0 Å². The zero-order valence-corrected chi connectivity index (χ0v) is 7.05. The van der Waals surface area contributed by atoms with Crippen molar-refractivity contribution in [3.63, 3.8) is 0 Å². The third kappa shape index (κ3) is 0.959. The van der Waals surface area contributed by atoms with Crippen molar-refractivity contribution in [2.45, 2.75) is 38.1 Å². The zero-order chi connectivity index (χ0) is 7.90. The van der Waals surface area contributed by atoms with Crippen molar-refractivity contribution in [2.75, 3.05) is 6.54 Å². The highest BCUT2D eigenvalue weighted by Gasteiger charge is 2.56. The second kappa shape index (κ2) is 2.23. The normalized spacial score (nSPS) is 26.3. The molecule has 0 heterocycles. The Bertz CT molecular complexity index is 170. The summed E-state index contributed by atoms with van der Waals surface area (Å²) < 4.78 is 0. The van der Waals surface area contributed by atoms with Gasteiger partial charge >= 0.3 is 0 Å². The molecule has 0 saturated heterocycles. The van der Waals surface area contributed by atoms with Gasteiger partial charge in [0.05, 0.1) is 0 Å². The van der Waals surface area contributed by atoms with Gasteiger partial charge < -0.3 is 4.90 Å². The molecule has 0 aromatic heterocycles. The molecule has 62 valence electrons. The number of carbonyl (C=O) groups excluding carboxylic acids is 1. The Balaban J connectivity index is 2.04. The summed E-state index contributed by atoms with van der Waals surface area (Å²) in [5.41, 5.74) is 0.344. The van der Waals surface area contributed by atoms with Gasteiger partial charge in [-0.05, 0) is 38.5 Å². The van der Waals surface area contributed by atoms with E-state index in [1.165, 1.54) is 25.7 Å². The van der Waals surface area contributed by atoms with Gasteiger partial charge in [-0.15, -0.1) is 0 Å². The van der Waals surface area contributed by atoms with E-state index in [2.05, 4.69) is 6.92 Å². The molecule has 0 aromatic carbocycles. The van der Waals surface area contributed by atoms with Crippen LogP contribution in [0.25, 0.3) is 0 Å². The Hall–Kier alpha value is -0.530. The molecule has 2 fully saturated rings. The first kappa shape index (κ1) is 7.14. The molecule has 2 rings (SSSR count). The Morgan fingerprint density at radius 3 is 2.45 bits per heavy atom. The lowest BCUT2D eigenvalue weighted by atomic mass is 10.1. The van der Waals surface area contributed by atoms with Gasteiger partial charge in [0.2, 0.25) is 6.41 Å². The second-order valence-electron chi connectivity index (χ2n) is 3.77. The van der Waals surface area contributed by atoms with Crippen molar-refractivity contribution in [1.82, 2.24) is 4.90 Å². The number of hydrogen-bond acceptors (Lipinski definition) is 1. The maximum absolute atomic E-state index is 10.7. The first-order valence-corrected chi connectivity index (χ1v) is 4.55. The minimum atomic E-state index is 0.344. The van der Waals surface area contributed by atoms with Crippen LogP contribution in [-0.4, -0.2) is 23.4 Å². The fourth-order valence-corrected chi connectivity index (χ4v) is 2.17. The lowest BCUT2D eigenvalue weighted by Gasteiger charge is -2.26. The van der Waals surface area contributed by atoms with Gasteiger partial charge in [0.25, 0.3) is 0 Å². The van der Waals surface area contributed by atoms with Gasteiger partial charge in [0.15, 0.2) is 0 Å². The summed E-state index contributed by atoms with van der Waals surface area (Å²) in [5.74, 6) is 0.854.